The van der Waals surface area contributed by atoms with Gasteiger partial charge in [-0.15, -0.1) is 0 Å². The van der Waals surface area contributed by atoms with E-state index in [-0.39, 0.29) is 5.91 Å². The monoisotopic (exact) mass is 416 g/mol. The van der Waals surface area contributed by atoms with Gasteiger partial charge in [-0.1, -0.05) is 18.2 Å². The minimum absolute atomic E-state index is 0.0470. The molecular formula is C25H28N4O2. The Labute approximate surface area is 183 Å². The van der Waals surface area contributed by atoms with Crippen molar-refractivity contribution < 1.29 is 9.53 Å². The molecule has 0 radical (unpaired) electrons. The van der Waals surface area contributed by atoms with Gasteiger partial charge in [0.1, 0.15) is 11.5 Å². The van der Waals surface area contributed by atoms with Crippen LogP contribution >= 0.6 is 0 Å². The lowest BCUT2D eigenvalue weighted by atomic mass is 10.2. The quantitative estimate of drug-likeness (QED) is 0.589. The summed E-state index contributed by atoms with van der Waals surface area (Å²) in [6.45, 7) is 5.09. The van der Waals surface area contributed by atoms with Gasteiger partial charge in [0, 0.05) is 56.4 Å². The number of nitrogens with one attached hydrogen (secondary N) is 1. The molecule has 3 aromatic rings. The van der Waals surface area contributed by atoms with Crippen molar-refractivity contribution in [1.29, 1.82) is 0 Å². The molecule has 160 valence electrons. The minimum Gasteiger partial charge on any atom is -0.457 e. The molecule has 1 aromatic heterocycles. The number of para-hydroxylation sites is 1. The maximum atomic E-state index is 12.3. The van der Waals surface area contributed by atoms with Crippen molar-refractivity contribution >= 4 is 17.3 Å². The van der Waals surface area contributed by atoms with E-state index in [2.05, 4.69) is 50.4 Å². The topological polar surface area (TPSA) is 57.7 Å². The molecule has 1 amide bonds. The molecule has 0 saturated carbocycles. The third kappa shape index (κ3) is 6.30. The number of carbonyl (C=O) groups is 1. The summed E-state index contributed by atoms with van der Waals surface area (Å²) in [6.07, 6.45) is 4.76. The Hall–Kier alpha value is -3.38. The highest BCUT2D eigenvalue weighted by Crippen LogP contribution is 2.22. The molecule has 0 unspecified atom stereocenters. The second kappa shape index (κ2) is 10.6. The van der Waals surface area contributed by atoms with Gasteiger partial charge in [0.05, 0.1) is 0 Å². The van der Waals surface area contributed by atoms with Gasteiger partial charge < -0.3 is 15.0 Å². The van der Waals surface area contributed by atoms with Crippen LogP contribution in [0.2, 0.25) is 0 Å². The summed E-state index contributed by atoms with van der Waals surface area (Å²) in [4.78, 5) is 21.1. The fraction of sp³-hybridized carbons (Fsp3) is 0.280. The first-order chi connectivity index (χ1) is 15.3. The Balaban J connectivity index is 1.15. The molecule has 1 fully saturated rings. The zero-order valence-electron chi connectivity index (χ0n) is 17.6. The summed E-state index contributed by atoms with van der Waals surface area (Å²) in [5.74, 6) is 1.50. The van der Waals surface area contributed by atoms with Crippen LogP contribution in [0, 0.1) is 0 Å². The van der Waals surface area contributed by atoms with Gasteiger partial charge in [-0.25, -0.2) is 0 Å². The predicted octanol–water partition coefficient (Wildman–Crippen LogP) is 4.41. The minimum atomic E-state index is 0.0470. The average molecular weight is 417 g/mol. The number of amides is 1. The van der Waals surface area contributed by atoms with E-state index in [9.17, 15) is 4.79 Å². The van der Waals surface area contributed by atoms with Crippen LogP contribution in [0.3, 0.4) is 0 Å². The van der Waals surface area contributed by atoms with Crippen molar-refractivity contribution in [3.63, 3.8) is 0 Å². The Morgan fingerprint density at radius 1 is 0.871 bits per heavy atom. The third-order valence-corrected chi connectivity index (χ3v) is 5.40. The average Bonchev–Trinajstić information content (AvgIpc) is 2.82. The SMILES string of the molecule is O=C(CCCN1CCN(c2ccccc2)CC1)Nc1ccc(Oc2ccncc2)cc1. The van der Waals surface area contributed by atoms with Crippen molar-refractivity contribution in [2.24, 2.45) is 0 Å². The van der Waals surface area contributed by atoms with Gasteiger partial charge in [-0.05, 0) is 61.5 Å². The standard InChI is InChI=1S/C25H28N4O2/c30-25(27-21-8-10-23(11-9-21)31-24-12-14-26-15-13-24)7-4-16-28-17-19-29(20-18-28)22-5-2-1-3-6-22/h1-3,5-6,8-15H,4,7,16-20H2,(H,27,30). The van der Waals surface area contributed by atoms with Crippen LogP contribution in [-0.4, -0.2) is 48.5 Å². The van der Waals surface area contributed by atoms with Gasteiger partial charge in [0.25, 0.3) is 0 Å². The first-order valence-electron chi connectivity index (χ1n) is 10.8. The highest BCUT2D eigenvalue weighted by Gasteiger charge is 2.17. The summed E-state index contributed by atoms with van der Waals surface area (Å²) < 4.78 is 5.74. The highest BCUT2D eigenvalue weighted by molar-refractivity contribution is 5.90. The molecule has 2 heterocycles. The number of carbonyl (C=O) groups excluding carboxylic acids is 1. The lowest BCUT2D eigenvalue weighted by molar-refractivity contribution is -0.116. The van der Waals surface area contributed by atoms with Crippen molar-refractivity contribution in [2.45, 2.75) is 12.8 Å². The molecule has 0 bridgehead atoms. The van der Waals surface area contributed by atoms with Crippen molar-refractivity contribution in [2.75, 3.05) is 42.9 Å². The molecule has 0 spiro atoms. The van der Waals surface area contributed by atoms with Crippen molar-refractivity contribution in [3.05, 3.63) is 79.1 Å². The first-order valence-corrected chi connectivity index (χ1v) is 10.8. The molecule has 6 heteroatoms. The van der Waals surface area contributed by atoms with Crippen LogP contribution in [0.15, 0.2) is 79.1 Å². The maximum absolute atomic E-state index is 12.3. The van der Waals surface area contributed by atoms with E-state index in [4.69, 9.17) is 4.74 Å². The molecule has 0 aliphatic carbocycles. The lowest BCUT2D eigenvalue weighted by Crippen LogP contribution is -2.46. The number of hydrogen-bond donors (Lipinski definition) is 1. The van der Waals surface area contributed by atoms with Crippen LogP contribution in [0.5, 0.6) is 11.5 Å². The number of benzene rings is 2. The molecular weight excluding hydrogens is 388 g/mol. The van der Waals surface area contributed by atoms with E-state index in [1.807, 2.05) is 24.3 Å². The summed E-state index contributed by atoms with van der Waals surface area (Å²) in [5.41, 5.74) is 2.07. The van der Waals surface area contributed by atoms with E-state index < -0.39 is 0 Å². The normalized spacial score (nSPS) is 14.3. The fourth-order valence-corrected chi connectivity index (χ4v) is 3.70. The molecule has 2 aromatic carbocycles. The van der Waals surface area contributed by atoms with Gasteiger partial charge in [0.2, 0.25) is 5.91 Å². The van der Waals surface area contributed by atoms with Gasteiger partial charge >= 0.3 is 0 Å². The van der Waals surface area contributed by atoms with Crippen LogP contribution < -0.4 is 15.0 Å². The zero-order valence-corrected chi connectivity index (χ0v) is 17.6. The van der Waals surface area contributed by atoms with E-state index in [0.717, 1.165) is 56.3 Å². The molecule has 31 heavy (non-hydrogen) atoms. The van der Waals surface area contributed by atoms with E-state index >= 15 is 0 Å². The summed E-state index contributed by atoms with van der Waals surface area (Å²) in [6, 6.07) is 21.6. The van der Waals surface area contributed by atoms with Crippen molar-refractivity contribution in [1.82, 2.24) is 9.88 Å². The molecule has 6 nitrogen and oxygen atoms in total. The predicted molar refractivity (Wildman–Crippen MR) is 124 cm³/mol. The summed E-state index contributed by atoms with van der Waals surface area (Å²) in [5, 5.41) is 2.97. The summed E-state index contributed by atoms with van der Waals surface area (Å²) >= 11 is 0. The number of aromatic nitrogens is 1. The molecule has 1 aliphatic rings. The highest BCUT2D eigenvalue weighted by atomic mass is 16.5. The number of pyridine rings is 1. The second-order valence-corrected chi connectivity index (χ2v) is 7.63. The molecule has 1 saturated heterocycles. The third-order valence-electron chi connectivity index (χ3n) is 5.40. The number of anilines is 2. The lowest BCUT2D eigenvalue weighted by Gasteiger charge is -2.36. The Morgan fingerprint density at radius 3 is 2.26 bits per heavy atom. The van der Waals surface area contributed by atoms with Crippen LogP contribution in [0.25, 0.3) is 0 Å². The zero-order chi connectivity index (χ0) is 21.3. The van der Waals surface area contributed by atoms with Crippen molar-refractivity contribution in [3.8, 4) is 11.5 Å². The van der Waals surface area contributed by atoms with Crippen LogP contribution in [0.1, 0.15) is 12.8 Å². The summed E-state index contributed by atoms with van der Waals surface area (Å²) in [7, 11) is 0. The fourth-order valence-electron chi connectivity index (χ4n) is 3.70. The van der Waals surface area contributed by atoms with Gasteiger partial charge in [0.15, 0.2) is 0 Å². The Kier molecular flexibility index (Phi) is 7.13. The van der Waals surface area contributed by atoms with Crippen LogP contribution in [0.4, 0.5) is 11.4 Å². The Bertz CT molecular complexity index is 940. The first kappa shape index (κ1) is 20.9. The maximum Gasteiger partial charge on any atom is 0.224 e. The Morgan fingerprint density at radius 2 is 1.55 bits per heavy atom. The second-order valence-electron chi connectivity index (χ2n) is 7.63. The number of nitrogens with zero attached hydrogens (tertiary/aromatic N) is 3. The largest absolute Gasteiger partial charge is 0.457 e. The van der Waals surface area contributed by atoms with E-state index in [0.29, 0.717) is 6.42 Å². The number of rotatable bonds is 8. The molecule has 1 aliphatic heterocycles. The number of hydrogen-bond acceptors (Lipinski definition) is 5. The van der Waals surface area contributed by atoms with Gasteiger partial charge in [-0.3, -0.25) is 14.7 Å². The van der Waals surface area contributed by atoms with Gasteiger partial charge in [-0.2, -0.15) is 0 Å². The number of ether oxygens (including phenoxy) is 1. The van der Waals surface area contributed by atoms with E-state index in [1.165, 1.54) is 5.69 Å². The number of piperazine rings is 1. The molecule has 0 atom stereocenters. The molecule has 1 N–H and O–H groups in total. The van der Waals surface area contributed by atoms with E-state index in [1.54, 1.807) is 24.5 Å². The molecule has 4 rings (SSSR count). The van der Waals surface area contributed by atoms with Crippen LogP contribution in [-0.2, 0) is 4.79 Å². The smallest absolute Gasteiger partial charge is 0.224 e.